The lowest BCUT2D eigenvalue weighted by atomic mass is 10.1. The van der Waals surface area contributed by atoms with Crippen molar-refractivity contribution in [3.05, 3.63) is 77.4 Å². The summed E-state index contributed by atoms with van der Waals surface area (Å²) >= 11 is 0. The second-order valence-electron chi connectivity index (χ2n) is 7.66. The molecule has 0 unspecified atom stereocenters. The number of hydrogen-bond acceptors (Lipinski definition) is 4. The summed E-state index contributed by atoms with van der Waals surface area (Å²) in [5, 5.41) is 11.3. The van der Waals surface area contributed by atoms with Crippen LogP contribution in [0.2, 0.25) is 0 Å². The van der Waals surface area contributed by atoms with Crippen LogP contribution in [0, 0.1) is 0 Å². The SMILES string of the molecule is CCN(CC)C(=O)/C(C)=C\c1ccc(OCc2ccc3ccccc3c2)c(OCC(=O)O)c1. The number of nitrogens with zero attached hydrogens (tertiary/aromatic N) is 1. The third-order valence-electron chi connectivity index (χ3n) is 5.30. The molecule has 1 N–H and O–H groups in total. The lowest BCUT2D eigenvalue weighted by Crippen LogP contribution is -2.30. The van der Waals surface area contributed by atoms with E-state index in [9.17, 15) is 9.59 Å². The Bertz CT molecular complexity index is 1160. The third kappa shape index (κ3) is 6.35. The second kappa shape index (κ2) is 11.2. The van der Waals surface area contributed by atoms with E-state index in [0.717, 1.165) is 21.9 Å². The fraction of sp³-hybridized carbons (Fsp3) is 0.259. The lowest BCUT2D eigenvalue weighted by Gasteiger charge is -2.19. The highest BCUT2D eigenvalue weighted by atomic mass is 16.5. The van der Waals surface area contributed by atoms with Crippen molar-refractivity contribution in [2.24, 2.45) is 0 Å². The quantitative estimate of drug-likeness (QED) is 0.435. The van der Waals surface area contributed by atoms with Crippen molar-refractivity contribution in [3.63, 3.8) is 0 Å². The number of carbonyl (C=O) groups excluding carboxylic acids is 1. The van der Waals surface area contributed by atoms with Crippen LogP contribution in [0.15, 0.2) is 66.2 Å². The van der Waals surface area contributed by atoms with Crippen LogP contribution in [0.25, 0.3) is 16.8 Å². The van der Waals surface area contributed by atoms with E-state index < -0.39 is 12.6 Å². The van der Waals surface area contributed by atoms with Crippen molar-refractivity contribution < 1.29 is 24.2 Å². The number of benzene rings is 3. The monoisotopic (exact) mass is 447 g/mol. The van der Waals surface area contributed by atoms with Crippen LogP contribution in [-0.2, 0) is 16.2 Å². The van der Waals surface area contributed by atoms with E-state index >= 15 is 0 Å². The van der Waals surface area contributed by atoms with Gasteiger partial charge in [-0.25, -0.2) is 4.79 Å². The molecule has 0 bridgehead atoms. The van der Waals surface area contributed by atoms with E-state index in [1.165, 1.54) is 0 Å². The molecule has 0 heterocycles. The molecule has 0 aliphatic rings. The second-order valence-corrected chi connectivity index (χ2v) is 7.66. The summed E-state index contributed by atoms with van der Waals surface area (Å²) in [4.78, 5) is 25.4. The Morgan fingerprint density at radius 2 is 1.64 bits per heavy atom. The summed E-state index contributed by atoms with van der Waals surface area (Å²) in [6, 6.07) is 19.4. The summed E-state index contributed by atoms with van der Waals surface area (Å²) < 4.78 is 11.5. The largest absolute Gasteiger partial charge is 0.485 e. The van der Waals surface area contributed by atoms with E-state index in [4.69, 9.17) is 14.6 Å². The Labute approximate surface area is 194 Å². The number of carboxylic acid groups (broad SMARTS) is 1. The molecule has 0 fully saturated rings. The molecule has 33 heavy (non-hydrogen) atoms. The van der Waals surface area contributed by atoms with Crippen LogP contribution in [-0.4, -0.2) is 41.6 Å². The number of aliphatic carboxylic acids is 1. The molecule has 0 radical (unpaired) electrons. The van der Waals surface area contributed by atoms with Gasteiger partial charge in [0.1, 0.15) is 6.61 Å². The molecule has 0 saturated heterocycles. The highest BCUT2D eigenvalue weighted by Crippen LogP contribution is 2.30. The van der Waals surface area contributed by atoms with Gasteiger partial charge in [0.2, 0.25) is 5.91 Å². The van der Waals surface area contributed by atoms with Crippen molar-refractivity contribution in [3.8, 4) is 11.5 Å². The maximum atomic E-state index is 12.6. The van der Waals surface area contributed by atoms with Crippen molar-refractivity contribution in [2.75, 3.05) is 19.7 Å². The number of fused-ring (bicyclic) bond motifs is 1. The molecule has 6 nitrogen and oxygen atoms in total. The summed E-state index contributed by atoms with van der Waals surface area (Å²) in [6.45, 7) is 6.73. The first kappa shape index (κ1) is 23.9. The first-order valence-electron chi connectivity index (χ1n) is 11.0. The summed E-state index contributed by atoms with van der Waals surface area (Å²) in [5.74, 6) is -0.363. The van der Waals surface area contributed by atoms with Gasteiger partial charge in [0.25, 0.3) is 0 Å². The zero-order chi connectivity index (χ0) is 23.8. The number of hydrogen-bond donors (Lipinski definition) is 1. The smallest absolute Gasteiger partial charge is 0.341 e. The Morgan fingerprint density at radius 1 is 0.909 bits per heavy atom. The fourth-order valence-corrected chi connectivity index (χ4v) is 3.55. The van der Waals surface area contributed by atoms with Gasteiger partial charge in [-0.2, -0.15) is 0 Å². The van der Waals surface area contributed by atoms with Crippen molar-refractivity contribution in [2.45, 2.75) is 27.4 Å². The Morgan fingerprint density at radius 3 is 2.33 bits per heavy atom. The number of carboxylic acids is 1. The van der Waals surface area contributed by atoms with Crippen LogP contribution >= 0.6 is 0 Å². The van der Waals surface area contributed by atoms with Crippen molar-refractivity contribution in [1.82, 2.24) is 4.90 Å². The minimum absolute atomic E-state index is 0.0374. The van der Waals surface area contributed by atoms with Gasteiger partial charge in [-0.1, -0.05) is 42.5 Å². The van der Waals surface area contributed by atoms with Gasteiger partial charge >= 0.3 is 5.97 Å². The third-order valence-corrected chi connectivity index (χ3v) is 5.30. The summed E-state index contributed by atoms with van der Waals surface area (Å²) in [6.07, 6.45) is 1.77. The molecule has 3 aromatic rings. The van der Waals surface area contributed by atoms with Gasteiger partial charge in [0.15, 0.2) is 18.1 Å². The molecule has 6 heteroatoms. The highest BCUT2D eigenvalue weighted by Gasteiger charge is 2.13. The van der Waals surface area contributed by atoms with Crippen molar-refractivity contribution >= 4 is 28.7 Å². The van der Waals surface area contributed by atoms with E-state index in [1.807, 2.05) is 50.2 Å². The van der Waals surface area contributed by atoms with Gasteiger partial charge in [-0.05, 0) is 66.9 Å². The van der Waals surface area contributed by atoms with Crippen LogP contribution in [0.5, 0.6) is 11.5 Å². The normalized spacial score (nSPS) is 11.3. The number of ether oxygens (including phenoxy) is 2. The molecule has 172 valence electrons. The van der Waals surface area contributed by atoms with Gasteiger partial charge in [0, 0.05) is 18.7 Å². The topological polar surface area (TPSA) is 76.1 Å². The molecular weight excluding hydrogens is 418 g/mol. The standard InChI is InChI=1S/C27H29NO5/c1-4-28(5-2)27(31)19(3)14-20-11-13-24(25(16-20)33-18-26(29)30)32-17-21-10-12-22-8-6-7-9-23(22)15-21/h6-16H,4-5,17-18H2,1-3H3,(H,29,30)/b19-14-. The van der Waals surface area contributed by atoms with E-state index in [2.05, 4.69) is 12.1 Å². The van der Waals surface area contributed by atoms with Gasteiger partial charge < -0.3 is 19.5 Å². The minimum atomic E-state index is -1.08. The molecular formula is C27H29NO5. The zero-order valence-electron chi connectivity index (χ0n) is 19.2. The summed E-state index contributed by atoms with van der Waals surface area (Å²) in [5.41, 5.74) is 2.31. The maximum absolute atomic E-state index is 12.6. The molecule has 0 spiro atoms. The molecule has 0 aromatic heterocycles. The molecule has 3 rings (SSSR count). The molecule has 1 amide bonds. The number of amides is 1. The Balaban J connectivity index is 1.82. The average Bonchev–Trinajstić information content (AvgIpc) is 2.82. The van der Waals surface area contributed by atoms with Gasteiger partial charge in [-0.3, -0.25) is 4.79 Å². The van der Waals surface area contributed by atoms with Gasteiger partial charge in [0.05, 0.1) is 0 Å². The van der Waals surface area contributed by atoms with E-state index in [-0.39, 0.29) is 5.91 Å². The Hall–Kier alpha value is -3.80. The average molecular weight is 448 g/mol. The predicted octanol–water partition coefficient (Wildman–Crippen LogP) is 5.15. The highest BCUT2D eigenvalue weighted by molar-refractivity contribution is 5.97. The van der Waals surface area contributed by atoms with Crippen molar-refractivity contribution in [1.29, 1.82) is 0 Å². The van der Waals surface area contributed by atoms with Crippen LogP contribution < -0.4 is 9.47 Å². The number of carbonyl (C=O) groups is 2. The van der Waals surface area contributed by atoms with Gasteiger partial charge in [-0.15, -0.1) is 0 Å². The maximum Gasteiger partial charge on any atom is 0.341 e. The van der Waals surface area contributed by atoms with Crippen LogP contribution in [0.3, 0.4) is 0 Å². The first-order valence-corrected chi connectivity index (χ1v) is 11.0. The van der Waals surface area contributed by atoms with Crippen LogP contribution in [0.4, 0.5) is 0 Å². The predicted molar refractivity (Wildman–Crippen MR) is 129 cm³/mol. The van der Waals surface area contributed by atoms with E-state index in [1.54, 1.807) is 30.0 Å². The first-order chi connectivity index (χ1) is 15.9. The zero-order valence-corrected chi connectivity index (χ0v) is 19.2. The van der Waals surface area contributed by atoms with Crippen LogP contribution in [0.1, 0.15) is 31.9 Å². The molecule has 0 aliphatic carbocycles. The molecule has 0 atom stereocenters. The number of likely N-dealkylation sites (N-methyl/N-ethyl adjacent to an activating group) is 1. The molecule has 0 aliphatic heterocycles. The molecule has 0 saturated carbocycles. The summed E-state index contributed by atoms with van der Waals surface area (Å²) in [7, 11) is 0. The lowest BCUT2D eigenvalue weighted by molar-refractivity contribution is -0.139. The van der Waals surface area contributed by atoms with E-state index in [0.29, 0.717) is 36.8 Å². The molecule has 3 aromatic carbocycles. The Kier molecular flexibility index (Phi) is 8.08. The minimum Gasteiger partial charge on any atom is -0.485 e. The number of rotatable bonds is 10. The fourth-order valence-electron chi connectivity index (χ4n) is 3.55.